The van der Waals surface area contributed by atoms with Gasteiger partial charge in [-0.25, -0.2) is 0 Å². The summed E-state index contributed by atoms with van der Waals surface area (Å²) < 4.78 is 5.19. The van der Waals surface area contributed by atoms with E-state index in [9.17, 15) is 9.59 Å². The molecule has 0 radical (unpaired) electrons. The normalized spacial score (nSPS) is 11.6. The third kappa shape index (κ3) is 5.73. The summed E-state index contributed by atoms with van der Waals surface area (Å²) >= 11 is 6.21. The topological polar surface area (TPSA) is 58.6 Å². The number of nitrogens with zero attached hydrogens (tertiary/aromatic N) is 1. The number of methoxy groups -OCH3 is 1. The molecule has 1 atom stereocenters. The Balaban J connectivity index is 2.19. The van der Waals surface area contributed by atoms with E-state index in [1.807, 2.05) is 55.5 Å². The first-order valence-electron chi connectivity index (χ1n) is 9.37. The van der Waals surface area contributed by atoms with Gasteiger partial charge in [0, 0.05) is 25.0 Å². The minimum atomic E-state index is -0.522. The minimum absolute atomic E-state index is 0.0776. The highest BCUT2D eigenvalue weighted by atomic mass is 35.5. The van der Waals surface area contributed by atoms with E-state index in [1.165, 1.54) is 0 Å². The molecule has 2 aromatic rings. The Morgan fingerprint density at radius 2 is 1.82 bits per heavy atom. The molecule has 5 nitrogen and oxygen atoms in total. The highest BCUT2D eigenvalue weighted by Gasteiger charge is 2.27. The predicted octanol–water partition coefficient (Wildman–Crippen LogP) is 3.83. The zero-order valence-corrected chi connectivity index (χ0v) is 17.3. The predicted molar refractivity (Wildman–Crippen MR) is 111 cm³/mol. The fourth-order valence-electron chi connectivity index (χ4n) is 3.10. The van der Waals surface area contributed by atoms with Crippen LogP contribution in [-0.2, 0) is 22.6 Å². The first kappa shape index (κ1) is 21.8. The molecule has 2 rings (SSSR count). The third-order valence-corrected chi connectivity index (χ3v) is 5.08. The number of hydrogen-bond acceptors (Lipinski definition) is 3. The van der Waals surface area contributed by atoms with E-state index in [4.69, 9.17) is 16.3 Å². The summed E-state index contributed by atoms with van der Waals surface area (Å²) in [4.78, 5) is 27.1. The van der Waals surface area contributed by atoms with Gasteiger partial charge in [-0.05, 0) is 42.2 Å². The summed E-state index contributed by atoms with van der Waals surface area (Å²) in [6.07, 6.45) is 1.35. The quantitative estimate of drug-likeness (QED) is 0.693. The number of aryl methyl sites for hydroxylation is 1. The van der Waals surface area contributed by atoms with Crippen LogP contribution in [0.3, 0.4) is 0 Å². The number of amides is 2. The average Bonchev–Trinajstić information content (AvgIpc) is 2.73. The van der Waals surface area contributed by atoms with Crippen LogP contribution < -0.4 is 10.1 Å². The number of hydrogen-bond donors (Lipinski definition) is 1. The number of likely N-dealkylation sites (N-methyl/N-ethyl adjacent to an activating group) is 1. The number of carbonyl (C=O) groups excluding carboxylic acids is 2. The van der Waals surface area contributed by atoms with Gasteiger partial charge in [-0.3, -0.25) is 9.59 Å². The van der Waals surface area contributed by atoms with Gasteiger partial charge in [-0.15, -0.1) is 0 Å². The summed E-state index contributed by atoms with van der Waals surface area (Å²) in [7, 11) is 3.20. The molecule has 0 aliphatic rings. The van der Waals surface area contributed by atoms with E-state index in [0.29, 0.717) is 24.4 Å². The lowest BCUT2D eigenvalue weighted by atomic mass is 10.1. The van der Waals surface area contributed by atoms with E-state index in [1.54, 1.807) is 19.1 Å². The second-order valence-corrected chi connectivity index (χ2v) is 6.91. The molecule has 1 N–H and O–H groups in total. The Labute approximate surface area is 171 Å². The molecule has 0 saturated carbocycles. The lowest BCUT2D eigenvalue weighted by molar-refractivity contribution is -0.141. The summed E-state index contributed by atoms with van der Waals surface area (Å²) in [5.74, 6) is 0.506. The molecule has 6 heteroatoms. The molecule has 0 aromatic heterocycles. The molecule has 0 fully saturated rings. The van der Waals surface area contributed by atoms with E-state index < -0.39 is 6.04 Å². The Kier molecular flexibility index (Phi) is 8.33. The van der Waals surface area contributed by atoms with E-state index in [0.717, 1.165) is 16.9 Å². The first-order valence-corrected chi connectivity index (χ1v) is 9.75. The maximum Gasteiger partial charge on any atom is 0.242 e. The molecule has 0 aliphatic carbocycles. The standard InChI is InChI=1S/C22H27ClN2O3/c1-4-20(22(27)24-2)25(15-16-9-12-18(28-3)13-10-16)21(26)14-11-17-7-5-6-8-19(17)23/h5-10,12-13,20H,4,11,14-15H2,1-3H3,(H,24,27)/t20-/m1/s1. The van der Waals surface area contributed by atoms with Gasteiger partial charge < -0.3 is 15.0 Å². The lowest BCUT2D eigenvalue weighted by Crippen LogP contribution is -2.48. The van der Waals surface area contributed by atoms with Crippen LogP contribution in [0.15, 0.2) is 48.5 Å². The monoisotopic (exact) mass is 402 g/mol. The molecule has 0 aliphatic heterocycles. The van der Waals surface area contributed by atoms with E-state index in [2.05, 4.69) is 5.32 Å². The minimum Gasteiger partial charge on any atom is -0.497 e. The fourth-order valence-corrected chi connectivity index (χ4v) is 3.33. The second kappa shape index (κ2) is 10.7. The molecule has 150 valence electrons. The van der Waals surface area contributed by atoms with Crippen LogP contribution in [0.25, 0.3) is 0 Å². The zero-order chi connectivity index (χ0) is 20.5. The number of rotatable bonds is 9. The van der Waals surface area contributed by atoms with Crippen LogP contribution in [-0.4, -0.2) is 36.9 Å². The van der Waals surface area contributed by atoms with Gasteiger partial charge in [-0.1, -0.05) is 48.9 Å². The van der Waals surface area contributed by atoms with Gasteiger partial charge in [0.05, 0.1) is 7.11 Å². The summed E-state index contributed by atoms with van der Waals surface area (Å²) in [6.45, 7) is 2.26. The maximum atomic E-state index is 13.1. The number of ether oxygens (including phenoxy) is 1. The van der Waals surface area contributed by atoms with Crippen molar-refractivity contribution in [2.45, 2.75) is 38.8 Å². The van der Waals surface area contributed by atoms with Gasteiger partial charge in [-0.2, -0.15) is 0 Å². The molecule has 0 spiro atoms. The average molecular weight is 403 g/mol. The van der Waals surface area contributed by atoms with Gasteiger partial charge in [0.25, 0.3) is 0 Å². The first-order chi connectivity index (χ1) is 13.5. The number of halogens is 1. The Bertz CT molecular complexity index is 793. The molecule has 0 saturated heterocycles. The third-order valence-electron chi connectivity index (χ3n) is 4.71. The molecule has 2 aromatic carbocycles. The van der Waals surface area contributed by atoms with Crippen molar-refractivity contribution in [3.63, 3.8) is 0 Å². The molecule has 2 amide bonds. The number of benzene rings is 2. The lowest BCUT2D eigenvalue weighted by Gasteiger charge is -2.30. The highest BCUT2D eigenvalue weighted by molar-refractivity contribution is 6.31. The number of nitrogens with one attached hydrogen (secondary N) is 1. The van der Waals surface area contributed by atoms with Crippen LogP contribution in [0.2, 0.25) is 5.02 Å². The second-order valence-electron chi connectivity index (χ2n) is 6.50. The Morgan fingerprint density at radius 3 is 2.39 bits per heavy atom. The summed E-state index contributed by atoms with van der Waals surface area (Å²) in [5.41, 5.74) is 1.86. The van der Waals surface area contributed by atoms with Crippen molar-refractivity contribution in [3.8, 4) is 5.75 Å². The van der Waals surface area contributed by atoms with Gasteiger partial charge in [0.2, 0.25) is 11.8 Å². The maximum absolute atomic E-state index is 13.1. The smallest absolute Gasteiger partial charge is 0.242 e. The Hall–Kier alpha value is -2.53. The molecule has 0 heterocycles. The van der Waals surface area contributed by atoms with Crippen molar-refractivity contribution in [3.05, 3.63) is 64.7 Å². The van der Waals surface area contributed by atoms with Crippen molar-refractivity contribution < 1.29 is 14.3 Å². The Morgan fingerprint density at radius 1 is 1.14 bits per heavy atom. The van der Waals surface area contributed by atoms with Crippen molar-refractivity contribution in [2.24, 2.45) is 0 Å². The summed E-state index contributed by atoms with van der Waals surface area (Å²) in [5, 5.41) is 3.31. The van der Waals surface area contributed by atoms with Crippen molar-refractivity contribution in [1.82, 2.24) is 10.2 Å². The molecule has 28 heavy (non-hydrogen) atoms. The van der Waals surface area contributed by atoms with Crippen LogP contribution in [0, 0.1) is 0 Å². The van der Waals surface area contributed by atoms with Crippen LogP contribution in [0.5, 0.6) is 5.75 Å². The molecule has 0 bridgehead atoms. The largest absolute Gasteiger partial charge is 0.497 e. The van der Waals surface area contributed by atoms with Crippen LogP contribution in [0.1, 0.15) is 30.9 Å². The van der Waals surface area contributed by atoms with Crippen molar-refractivity contribution >= 4 is 23.4 Å². The van der Waals surface area contributed by atoms with Gasteiger partial charge in [0.1, 0.15) is 11.8 Å². The fraction of sp³-hybridized carbons (Fsp3) is 0.364. The van der Waals surface area contributed by atoms with Crippen molar-refractivity contribution in [1.29, 1.82) is 0 Å². The highest BCUT2D eigenvalue weighted by Crippen LogP contribution is 2.20. The van der Waals surface area contributed by atoms with Gasteiger partial charge in [0.15, 0.2) is 0 Å². The number of carbonyl (C=O) groups is 2. The van der Waals surface area contributed by atoms with Gasteiger partial charge >= 0.3 is 0 Å². The van der Waals surface area contributed by atoms with Crippen LogP contribution in [0.4, 0.5) is 0 Å². The van der Waals surface area contributed by atoms with E-state index >= 15 is 0 Å². The molecular weight excluding hydrogens is 376 g/mol. The van der Waals surface area contributed by atoms with Crippen LogP contribution >= 0.6 is 11.6 Å². The SMILES string of the molecule is CC[C@H](C(=O)NC)N(Cc1ccc(OC)cc1)C(=O)CCc1ccccc1Cl. The zero-order valence-electron chi connectivity index (χ0n) is 16.6. The summed E-state index contributed by atoms with van der Waals surface area (Å²) in [6, 6.07) is 14.5. The molecular formula is C22H27ClN2O3. The van der Waals surface area contributed by atoms with Crippen molar-refractivity contribution in [2.75, 3.05) is 14.2 Å². The van der Waals surface area contributed by atoms with E-state index in [-0.39, 0.29) is 18.2 Å². The molecule has 0 unspecified atom stereocenters.